The minimum Gasteiger partial charge on any atom is -0.772 e. The molecule has 0 aromatic heterocycles. The molecule has 0 radical (unpaired) electrons. The Kier molecular flexibility index (Phi) is 11.7. The van der Waals surface area contributed by atoms with Crippen molar-refractivity contribution in [2.24, 2.45) is 0 Å². The second-order valence-electron chi connectivity index (χ2n) is 13.5. The number of rotatable bonds is 12. The fraction of sp³-hybridized carbons (Fsp3) is 0.238. The van der Waals surface area contributed by atoms with Gasteiger partial charge in [-0.3, -0.25) is 13.8 Å². The number of benzene rings is 5. The minimum atomic E-state index is -2.16. The first-order valence-electron chi connectivity index (χ1n) is 16.4. The van der Waals surface area contributed by atoms with E-state index in [9.17, 15) is 18.4 Å². The molecule has 5 nitrogen and oxygen atoms in total. The Labute approximate surface area is 297 Å². The maximum atomic E-state index is 14.0. The van der Waals surface area contributed by atoms with Crippen molar-refractivity contribution >= 4 is 40.1 Å². The quantitative estimate of drug-likeness (QED) is 0.104. The van der Waals surface area contributed by atoms with Gasteiger partial charge in [-0.05, 0) is 94.0 Å². The zero-order valence-corrected chi connectivity index (χ0v) is 29.9. The molecule has 5 aromatic rings. The molecule has 0 aliphatic rings. The molecule has 1 amide bonds. The monoisotopic (exact) mass is 690 g/mol. The van der Waals surface area contributed by atoms with Crippen LogP contribution in [0.25, 0.3) is 22.3 Å². The zero-order chi connectivity index (χ0) is 35.1. The van der Waals surface area contributed by atoms with Crippen LogP contribution in [0.5, 0.6) is 0 Å². The predicted molar refractivity (Wildman–Crippen MR) is 201 cm³/mol. The van der Waals surface area contributed by atoms with E-state index in [0.717, 1.165) is 44.0 Å². The lowest BCUT2D eigenvalue weighted by atomic mass is 9.86. The van der Waals surface area contributed by atoms with Crippen molar-refractivity contribution in [1.82, 2.24) is 0 Å². The van der Waals surface area contributed by atoms with E-state index in [1.165, 1.54) is 5.56 Å². The van der Waals surface area contributed by atoms with Gasteiger partial charge in [-0.15, -0.1) is 0 Å². The fourth-order valence-electron chi connectivity index (χ4n) is 5.79. The van der Waals surface area contributed by atoms with Crippen molar-refractivity contribution in [3.8, 4) is 22.3 Å². The highest BCUT2D eigenvalue weighted by Crippen LogP contribution is 2.30. The van der Waals surface area contributed by atoms with E-state index in [1.807, 2.05) is 73.7 Å². The number of aryl methyl sites for hydroxylation is 1. The summed E-state index contributed by atoms with van der Waals surface area (Å²) in [6.45, 7) is 8.57. The van der Waals surface area contributed by atoms with E-state index >= 15 is 0 Å². The Hall–Kier alpha value is -4.36. The lowest BCUT2D eigenvalue weighted by Gasteiger charge is -2.20. The summed E-state index contributed by atoms with van der Waals surface area (Å²) in [5, 5.41) is 3.85. The first-order chi connectivity index (χ1) is 23.4. The van der Waals surface area contributed by atoms with E-state index in [0.29, 0.717) is 17.7 Å². The highest BCUT2D eigenvalue weighted by atomic mass is 35.5. The number of halogens is 1. The molecule has 252 valence electrons. The zero-order valence-electron chi connectivity index (χ0n) is 28.3. The summed E-state index contributed by atoms with van der Waals surface area (Å²) in [6.07, 6.45) is 0.882. The van der Waals surface area contributed by atoms with E-state index in [2.05, 4.69) is 62.5 Å². The first-order valence-corrected chi connectivity index (χ1v) is 18.1. The van der Waals surface area contributed by atoms with Gasteiger partial charge in [-0.25, -0.2) is 0 Å². The number of ketones is 1. The topological polar surface area (TPSA) is 86.3 Å². The van der Waals surface area contributed by atoms with Gasteiger partial charge in [0.25, 0.3) is 0 Å². The number of carbonyl (C=O) groups excluding carboxylic acids is 2. The van der Waals surface area contributed by atoms with Crippen molar-refractivity contribution in [2.75, 3.05) is 11.1 Å². The van der Waals surface area contributed by atoms with Gasteiger partial charge < -0.3 is 9.87 Å². The van der Waals surface area contributed by atoms with Crippen molar-refractivity contribution < 1.29 is 18.4 Å². The number of hydrogen-bond donors (Lipinski definition) is 1. The molecule has 0 fully saturated rings. The van der Waals surface area contributed by atoms with Crippen molar-refractivity contribution in [3.05, 3.63) is 148 Å². The molecule has 1 N–H and O–H groups in total. The predicted octanol–water partition coefficient (Wildman–Crippen LogP) is 10.1. The van der Waals surface area contributed by atoms with Crippen molar-refractivity contribution in [3.63, 3.8) is 0 Å². The van der Waals surface area contributed by atoms with Gasteiger partial charge in [-0.1, -0.05) is 134 Å². The van der Waals surface area contributed by atoms with Gasteiger partial charge >= 0.3 is 0 Å². The summed E-state index contributed by atoms with van der Waals surface area (Å²) in [6, 6.07) is 37.7. The van der Waals surface area contributed by atoms with E-state index in [4.69, 9.17) is 11.6 Å². The molecular formula is C42H41ClNO4S-. The number of anilines is 1. The SMILES string of the molecule is Cc1cc(-c2ccc(NC(=O)C(Cc3ccc(C(=O)CCCS(=O)[O-])cc3)c3ccc(-c4ccc(C(C)(C)C)cc4)cc3)cc2)ccc1Cl. The molecule has 0 aliphatic heterocycles. The number of carbonyl (C=O) groups is 2. The van der Waals surface area contributed by atoms with Crippen LogP contribution in [0.1, 0.15) is 72.1 Å². The number of amides is 1. The van der Waals surface area contributed by atoms with Crippen LogP contribution in [0.4, 0.5) is 5.69 Å². The summed E-state index contributed by atoms with van der Waals surface area (Å²) in [5.41, 5.74) is 9.61. The maximum Gasteiger partial charge on any atom is 0.232 e. The number of Topliss-reactive ketones (excluding diaryl/α,β-unsaturated/α-hetero) is 1. The molecule has 2 atom stereocenters. The average molecular weight is 691 g/mol. The van der Waals surface area contributed by atoms with Gasteiger partial charge in [0.2, 0.25) is 5.91 Å². The summed E-state index contributed by atoms with van der Waals surface area (Å²) in [4.78, 5) is 26.5. The first kappa shape index (κ1) is 35.9. The van der Waals surface area contributed by atoms with Gasteiger partial charge in [0, 0.05) is 28.4 Å². The molecular weight excluding hydrogens is 650 g/mol. The van der Waals surface area contributed by atoms with E-state index in [1.54, 1.807) is 12.1 Å². The largest absolute Gasteiger partial charge is 0.772 e. The third-order valence-corrected chi connectivity index (χ3v) is 9.83. The van der Waals surface area contributed by atoms with Crippen LogP contribution in [0, 0.1) is 6.92 Å². The van der Waals surface area contributed by atoms with Crippen LogP contribution in [0.3, 0.4) is 0 Å². The molecule has 7 heteroatoms. The Morgan fingerprint density at radius 2 is 1.33 bits per heavy atom. The Balaban J connectivity index is 1.37. The van der Waals surface area contributed by atoms with Crippen LogP contribution in [-0.2, 0) is 27.7 Å². The number of hydrogen-bond acceptors (Lipinski definition) is 4. The third-order valence-electron chi connectivity index (χ3n) is 8.79. The third kappa shape index (κ3) is 9.63. The van der Waals surface area contributed by atoms with Crippen LogP contribution in [0.15, 0.2) is 115 Å². The standard InChI is InChI=1S/C42H42ClNO4S/c1-28-26-35(19-24-39(28)43)32-17-22-37(23-18-32)44-41(46)38(27-29-7-9-34(10-8-29)40(45)6-5-25-49(47)48)33-13-11-30(12-14-33)31-15-20-36(21-16-31)42(2,3)4/h7-24,26,38H,5-6,25,27H2,1-4H3,(H,44,46)(H,47,48)/p-1. The van der Waals surface area contributed by atoms with Crippen LogP contribution < -0.4 is 5.32 Å². The molecule has 5 rings (SSSR count). The molecule has 0 aliphatic carbocycles. The van der Waals surface area contributed by atoms with Crippen LogP contribution in [0.2, 0.25) is 5.02 Å². The van der Waals surface area contributed by atoms with E-state index in [-0.39, 0.29) is 35.7 Å². The molecule has 0 saturated carbocycles. The van der Waals surface area contributed by atoms with E-state index < -0.39 is 17.0 Å². The molecule has 2 unspecified atom stereocenters. The highest BCUT2D eigenvalue weighted by molar-refractivity contribution is 7.79. The minimum absolute atomic E-state index is 0.0366. The van der Waals surface area contributed by atoms with Gasteiger partial charge in [0.1, 0.15) is 0 Å². The molecule has 49 heavy (non-hydrogen) atoms. The van der Waals surface area contributed by atoms with Crippen molar-refractivity contribution in [1.29, 1.82) is 0 Å². The molecule has 0 spiro atoms. The molecule has 0 saturated heterocycles. The second-order valence-corrected chi connectivity index (χ2v) is 14.9. The Bertz CT molecular complexity index is 1930. The summed E-state index contributed by atoms with van der Waals surface area (Å²) in [7, 11) is 0. The van der Waals surface area contributed by atoms with Gasteiger partial charge in [-0.2, -0.15) is 0 Å². The summed E-state index contributed by atoms with van der Waals surface area (Å²) >= 11 is 4.06. The normalized spacial score (nSPS) is 12.7. The van der Waals surface area contributed by atoms with Gasteiger partial charge in [0.05, 0.1) is 5.92 Å². The fourth-order valence-corrected chi connectivity index (χ4v) is 6.29. The lowest BCUT2D eigenvalue weighted by Crippen LogP contribution is -2.23. The van der Waals surface area contributed by atoms with Gasteiger partial charge in [0.15, 0.2) is 5.78 Å². The number of nitrogens with one attached hydrogen (secondary N) is 1. The van der Waals surface area contributed by atoms with Crippen LogP contribution >= 0.6 is 11.6 Å². The lowest BCUT2D eigenvalue weighted by molar-refractivity contribution is -0.117. The second kappa shape index (κ2) is 15.9. The molecule has 0 bridgehead atoms. The summed E-state index contributed by atoms with van der Waals surface area (Å²) < 4.78 is 21.7. The molecule has 5 aromatic carbocycles. The smallest absolute Gasteiger partial charge is 0.232 e. The van der Waals surface area contributed by atoms with Crippen LogP contribution in [-0.4, -0.2) is 26.2 Å². The molecule has 0 heterocycles. The summed E-state index contributed by atoms with van der Waals surface area (Å²) in [5.74, 6) is -0.771. The van der Waals surface area contributed by atoms with Crippen molar-refractivity contribution in [2.45, 2.75) is 58.3 Å². The Morgan fingerprint density at radius 1 is 0.776 bits per heavy atom. The average Bonchev–Trinajstić information content (AvgIpc) is 3.08. The maximum absolute atomic E-state index is 14.0. The highest BCUT2D eigenvalue weighted by Gasteiger charge is 2.22. The Morgan fingerprint density at radius 3 is 1.90 bits per heavy atom.